The lowest BCUT2D eigenvalue weighted by Gasteiger charge is -2.22. The van der Waals surface area contributed by atoms with E-state index >= 15 is 0 Å². The van der Waals surface area contributed by atoms with Crippen LogP contribution in [0, 0.1) is 6.92 Å². The largest absolute Gasteiger partial charge is 0.497 e. The maximum Gasteiger partial charge on any atom is 0.253 e. The monoisotopic (exact) mass is 483 g/mol. The molecular formula is C27H25N5O2S. The Kier molecular flexibility index (Phi) is 6.63. The van der Waals surface area contributed by atoms with Crippen molar-refractivity contribution in [3.63, 3.8) is 0 Å². The quantitative estimate of drug-likeness (QED) is 0.363. The van der Waals surface area contributed by atoms with Gasteiger partial charge >= 0.3 is 0 Å². The first kappa shape index (κ1) is 22.9. The van der Waals surface area contributed by atoms with Gasteiger partial charge in [-0.25, -0.2) is 9.99 Å². The Morgan fingerprint density at radius 1 is 1.03 bits per heavy atom. The van der Waals surface area contributed by atoms with Gasteiger partial charge in [0.05, 0.1) is 24.6 Å². The highest BCUT2D eigenvalue weighted by Gasteiger charge is 2.33. The second-order valence-electron chi connectivity index (χ2n) is 8.27. The van der Waals surface area contributed by atoms with Crippen molar-refractivity contribution in [2.45, 2.75) is 24.5 Å². The molecule has 0 fully saturated rings. The average Bonchev–Trinajstić information content (AvgIpc) is 3.56. The number of ether oxygens (including phenoxy) is 1. The van der Waals surface area contributed by atoms with Crippen molar-refractivity contribution in [1.29, 1.82) is 0 Å². The number of nitrogens with one attached hydrogen (secondary N) is 1. The predicted octanol–water partition coefficient (Wildman–Crippen LogP) is 5.26. The van der Waals surface area contributed by atoms with Gasteiger partial charge in [0.15, 0.2) is 5.82 Å². The van der Waals surface area contributed by atoms with Gasteiger partial charge in [-0.15, -0.1) is 5.10 Å². The highest BCUT2D eigenvalue weighted by molar-refractivity contribution is 7.99. The van der Waals surface area contributed by atoms with Crippen LogP contribution in [-0.4, -0.2) is 44.7 Å². The molecule has 5 rings (SSSR count). The first-order chi connectivity index (χ1) is 17.1. The minimum atomic E-state index is -0.181. The summed E-state index contributed by atoms with van der Waals surface area (Å²) in [5.74, 6) is 1.55. The Hall–Kier alpha value is -3.91. The molecule has 0 spiro atoms. The molecule has 3 aromatic carbocycles. The van der Waals surface area contributed by atoms with Gasteiger partial charge in [-0.2, -0.15) is 5.10 Å². The van der Waals surface area contributed by atoms with Gasteiger partial charge in [-0.3, -0.25) is 9.89 Å². The molecule has 4 aromatic rings. The van der Waals surface area contributed by atoms with Crippen LogP contribution in [0.25, 0.3) is 11.4 Å². The molecule has 176 valence electrons. The lowest BCUT2D eigenvalue weighted by Crippen LogP contribution is -2.28. The second kappa shape index (κ2) is 10.1. The number of H-pyrrole nitrogens is 1. The molecule has 7 nitrogen and oxygen atoms in total. The van der Waals surface area contributed by atoms with Gasteiger partial charge in [0.1, 0.15) is 5.75 Å². The number of carbonyl (C=O) groups excluding carboxylic acids is 1. The number of aromatic amines is 1. The molecule has 0 bridgehead atoms. The first-order valence-electron chi connectivity index (χ1n) is 11.3. The molecule has 8 heteroatoms. The van der Waals surface area contributed by atoms with E-state index in [-0.39, 0.29) is 17.7 Å². The van der Waals surface area contributed by atoms with Crippen LogP contribution in [0.4, 0.5) is 0 Å². The fourth-order valence-electron chi connectivity index (χ4n) is 3.97. The molecule has 35 heavy (non-hydrogen) atoms. The Labute approximate surface area is 208 Å². The summed E-state index contributed by atoms with van der Waals surface area (Å²) >= 11 is 1.30. The summed E-state index contributed by atoms with van der Waals surface area (Å²) in [6, 6.07) is 25.7. The molecule has 0 saturated carbocycles. The van der Waals surface area contributed by atoms with Gasteiger partial charge in [-0.1, -0.05) is 84.1 Å². The molecule has 0 aliphatic carbocycles. The van der Waals surface area contributed by atoms with Crippen LogP contribution in [-0.2, 0) is 4.79 Å². The number of hydrogen-bond acceptors (Lipinski definition) is 6. The Balaban J connectivity index is 1.33. The van der Waals surface area contributed by atoms with Gasteiger partial charge in [0.2, 0.25) is 5.16 Å². The van der Waals surface area contributed by atoms with E-state index < -0.39 is 0 Å². The van der Waals surface area contributed by atoms with Crippen LogP contribution >= 0.6 is 11.8 Å². The number of thioether (sulfide) groups is 1. The average molecular weight is 484 g/mol. The summed E-state index contributed by atoms with van der Waals surface area (Å²) in [4.78, 5) is 17.9. The number of aromatic nitrogens is 3. The minimum absolute atomic E-state index is 0.0940. The summed E-state index contributed by atoms with van der Waals surface area (Å²) in [5.41, 5.74) is 5.06. The number of hydrazone groups is 1. The zero-order valence-electron chi connectivity index (χ0n) is 19.5. The first-order valence-corrected chi connectivity index (χ1v) is 12.3. The summed E-state index contributed by atoms with van der Waals surface area (Å²) in [7, 11) is 1.64. The van der Waals surface area contributed by atoms with Crippen molar-refractivity contribution >= 4 is 23.4 Å². The van der Waals surface area contributed by atoms with Crippen LogP contribution < -0.4 is 4.74 Å². The molecule has 1 aromatic heterocycles. The maximum atomic E-state index is 13.3. The smallest absolute Gasteiger partial charge is 0.253 e. The minimum Gasteiger partial charge on any atom is -0.497 e. The topological polar surface area (TPSA) is 83.5 Å². The van der Waals surface area contributed by atoms with Crippen molar-refractivity contribution < 1.29 is 9.53 Å². The Morgan fingerprint density at radius 2 is 1.77 bits per heavy atom. The van der Waals surface area contributed by atoms with E-state index in [1.807, 2.05) is 85.8 Å². The third-order valence-corrected chi connectivity index (χ3v) is 6.72. The van der Waals surface area contributed by atoms with Crippen LogP contribution in [0.2, 0.25) is 0 Å². The number of amides is 1. The van der Waals surface area contributed by atoms with E-state index in [1.165, 1.54) is 17.3 Å². The number of nitrogens with zero attached hydrogens (tertiary/aromatic N) is 4. The van der Waals surface area contributed by atoms with E-state index in [4.69, 9.17) is 9.84 Å². The molecule has 0 radical (unpaired) electrons. The van der Waals surface area contributed by atoms with Gasteiger partial charge < -0.3 is 4.74 Å². The standard InChI is InChI=1S/C27H25N5O2S/c1-18-8-10-21(11-9-18)26-28-27(30-29-26)35-17-25(33)32-24(20-12-14-22(34-2)15-13-20)16-23(31-32)19-6-4-3-5-7-19/h3-15,24H,16-17H2,1-2H3,(H,28,29,30)/t24-/m1/s1. The van der Waals surface area contributed by atoms with Crippen molar-refractivity contribution in [3.8, 4) is 17.1 Å². The van der Waals surface area contributed by atoms with E-state index in [0.29, 0.717) is 17.4 Å². The number of methoxy groups -OCH3 is 1. The molecule has 1 amide bonds. The summed E-state index contributed by atoms with van der Waals surface area (Å²) in [6.45, 7) is 2.04. The van der Waals surface area contributed by atoms with Gasteiger partial charge in [0, 0.05) is 12.0 Å². The lowest BCUT2D eigenvalue weighted by molar-refractivity contribution is -0.130. The van der Waals surface area contributed by atoms with Gasteiger partial charge in [0.25, 0.3) is 5.91 Å². The maximum absolute atomic E-state index is 13.3. The lowest BCUT2D eigenvalue weighted by atomic mass is 9.98. The molecule has 0 saturated heterocycles. The SMILES string of the molecule is COc1ccc([C@H]2CC(c3ccccc3)=NN2C(=O)CSc2n[nH]c(-c3ccc(C)cc3)n2)cc1. The highest BCUT2D eigenvalue weighted by Crippen LogP contribution is 2.34. The Bertz CT molecular complexity index is 1330. The van der Waals surface area contributed by atoms with Crippen molar-refractivity contribution in [2.75, 3.05) is 12.9 Å². The third-order valence-electron chi connectivity index (χ3n) is 5.89. The third kappa shape index (κ3) is 5.12. The molecule has 0 unspecified atom stereocenters. The summed E-state index contributed by atoms with van der Waals surface area (Å²) in [5, 5.41) is 14.1. The second-order valence-corrected chi connectivity index (χ2v) is 9.21. The number of hydrogen-bond donors (Lipinski definition) is 1. The van der Waals surface area contributed by atoms with Crippen LogP contribution in [0.1, 0.15) is 29.2 Å². The van der Waals surface area contributed by atoms with Crippen molar-refractivity contribution in [2.24, 2.45) is 5.10 Å². The number of benzene rings is 3. The number of aryl methyl sites for hydroxylation is 1. The molecule has 2 heterocycles. The van der Waals surface area contributed by atoms with E-state index in [0.717, 1.165) is 28.2 Å². The summed E-state index contributed by atoms with van der Waals surface area (Å²) in [6.07, 6.45) is 0.644. The van der Waals surface area contributed by atoms with Crippen molar-refractivity contribution in [1.82, 2.24) is 20.2 Å². The molecule has 1 atom stereocenters. The fraction of sp³-hybridized carbons (Fsp3) is 0.185. The molecular weight excluding hydrogens is 458 g/mol. The predicted molar refractivity (Wildman–Crippen MR) is 137 cm³/mol. The van der Waals surface area contributed by atoms with E-state index in [9.17, 15) is 4.79 Å². The number of rotatable bonds is 7. The fourth-order valence-corrected chi connectivity index (χ4v) is 4.63. The van der Waals surface area contributed by atoms with Crippen molar-refractivity contribution in [3.05, 3.63) is 95.6 Å². The normalized spacial score (nSPS) is 15.2. The highest BCUT2D eigenvalue weighted by atomic mass is 32.2. The molecule has 1 aliphatic rings. The Morgan fingerprint density at radius 3 is 2.49 bits per heavy atom. The van der Waals surface area contributed by atoms with Crippen LogP contribution in [0.5, 0.6) is 5.75 Å². The van der Waals surface area contributed by atoms with Crippen LogP contribution in [0.15, 0.2) is 89.1 Å². The van der Waals surface area contributed by atoms with E-state index in [2.05, 4.69) is 15.2 Å². The summed E-state index contributed by atoms with van der Waals surface area (Å²) < 4.78 is 5.29. The zero-order chi connectivity index (χ0) is 24.2. The molecule has 1 aliphatic heterocycles. The molecule has 1 N–H and O–H groups in total. The zero-order valence-corrected chi connectivity index (χ0v) is 20.3. The number of carbonyl (C=O) groups is 1. The van der Waals surface area contributed by atoms with E-state index in [1.54, 1.807) is 12.1 Å². The van der Waals surface area contributed by atoms with Crippen LogP contribution in [0.3, 0.4) is 0 Å². The van der Waals surface area contributed by atoms with Gasteiger partial charge in [-0.05, 0) is 30.2 Å².